The number of hydrogen-bond donors (Lipinski definition) is 0. The van der Waals surface area contributed by atoms with Crippen LogP contribution in [0.15, 0.2) is 71.8 Å². The number of benzene rings is 2. The second-order valence-corrected chi connectivity index (χ2v) is 7.07. The Hall–Kier alpha value is -2.66. The molecule has 2 aromatic carbocycles. The van der Waals surface area contributed by atoms with Gasteiger partial charge in [-0.05, 0) is 30.7 Å². The van der Waals surface area contributed by atoms with Crippen molar-refractivity contribution in [3.05, 3.63) is 78.1 Å². The molecular formula is C18H15NO3S. The van der Waals surface area contributed by atoms with Gasteiger partial charge in [0.15, 0.2) is 6.29 Å². The van der Waals surface area contributed by atoms with Gasteiger partial charge < -0.3 is 0 Å². The van der Waals surface area contributed by atoms with E-state index < -0.39 is 10.0 Å². The molecule has 0 unspecified atom stereocenters. The molecule has 0 saturated heterocycles. The van der Waals surface area contributed by atoms with Crippen LogP contribution in [0.5, 0.6) is 0 Å². The summed E-state index contributed by atoms with van der Waals surface area (Å²) in [6.07, 6.45) is 2.03. The molecule has 0 aliphatic carbocycles. The Balaban J connectivity index is 2.14. The van der Waals surface area contributed by atoms with Crippen molar-refractivity contribution in [2.75, 3.05) is 0 Å². The quantitative estimate of drug-likeness (QED) is 0.690. The minimum absolute atomic E-state index is 0.101. The van der Waals surface area contributed by atoms with Gasteiger partial charge in [-0.3, -0.25) is 4.79 Å². The third kappa shape index (κ3) is 2.83. The van der Waals surface area contributed by atoms with Crippen molar-refractivity contribution in [2.45, 2.75) is 11.8 Å². The normalized spacial score (nSPS) is 11.3. The first-order valence-electron chi connectivity index (χ1n) is 7.07. The Morgan fingerprint density at radius 1 is 0.913 bits per heavy atom. The molecule has 0 spiro atoms. The van der Waals surface area contributed by atoms with Crippen LogP contribution >= 0.6 is 0 Å². The summed E-state index contributed by atoms with van der Waals surface area (Å²) in [6, 6.07) is 17.5. The number of aromatic nitrogens is 1. The maximum absolute atomic E-state index is 12.8. The van der Waals surface area contributed by atoms with Gasteiger partial charge in [-0.1, -0.05) is 48.0 Å². The summed E-state index contributed by atoms with van der Waals surface area (Å²) in [6.45, 7) is 1.89. The lowest BCUT2D eigenvalue weighted by atomic mass is 10.1. The van der Waals surface area contributed by atoms with Crippen LogP contribution in [0.1, 0.15) is 16.1 Å². The van der Waals surface area contributed by atoms with Crippen LogP contribution in [-0.2, 0) is 10.0 Å². The Kier molecular flexibility index (Phi) is 3.88. The molecule has 23 heavy (non-hydrogen) atoms. The van der Waals surface area contributed by atoms with Gasteiger partial charge in [-0.15, -0.1) is 0 Å². The fourth-order valence-electron chi connectivity index (χ4n) is 2.37. The maximum Gasteiger partial charge on any atom is 0.268 e. The van der Waals surface area contributed by atoms with Crippen LogP contribution in [0.4, 0.5) is 0 Å². The standard InChI is InChI=1S/C18H15NO3S/c1-14-7-9-18(10-8-14)23(21,22)19-12-16(11-17(19)13-20)15-5-3-2-4-6-15/h2-13H,1H3. The second kappa shape index (κ2) is 5.85. The molecule has 0 fully saturated rings. The lowest BCUT2D eigenvalue weighted by Crippen LogP contribution is -2.14. The lowest BCUT2D eigenvalue weighted by molar-refractivity contribution is 0.111. The van der Waals surface area contributed by atoms with Gasteiger partial charge in [-0.25, -0.2) is 12.4 Å². The molecule has 0 radical (unpaired) electrons. The number of carbonyl (C=O) groups is 1. The summed E-state index contributed by atoms with van der Waals surface area (Å²) in [5.74, 6) is 0. The number of aryl methyl sites for hydroxylation is 1. The fourth-order valence-corrected chi connectivity index (χ4v) is 3.70. The van der Waals surface area contributed by atoms with Crippen molar-refractivity contribution in [1.82, 2.24) is 3.97 Å². The minimum Gasteiger partial charge on any atom is -0.296 e. The highest BCUT2D eigenvalue weighted by molar-refractivity contribution is 7.90. The first-order chi connectivity index (χ1) is 11.0. The molecule has 116 valence electrons. The van der Waals surface area contributed by atoms with E-state index in [0.717, 1.165) is 15.1 Å². The monoisotopic (exact) mass is 325 g/mol. The average molecular weight is 325 g/mol. The van der Waals surface area contributed by atoms with Gasteiger partial charge in [0, 0.05) is 11.8 Å². The van der Waals surface area contributed by atoms with Crippen molar-refractivity contribution in [1.29, 1.82) is 0 Å². The Morgan fingerprint density at radius 3 is 2.17 bits per heavy atom. The number of carbonyl (C=O) groups excluding carboxylic acids is 1. The molecule has 1 heterocycles. The highest BCUT2D eigenvalue weighted by Crippen LogP contribution is 2.25. The summed E-state index contributed by atoms with van der Waals surface area (Å²) >= 11 is 0. The van der Waals surface area contributed by atoms with E-state index in [-0.39, 0.29) is 10.6 Å². The van der Waals surface area contributed by atoms with E-state index in [4.69, 9.17) is 0 Å². The zero-order chi connectivity index (χ0) is 16.4. The maximum atomic E-state index is 12.8. The molecule has 5 heteroatoms. The van der Waals surface area contributed by atoms with E-state index >= 15 is 0 Å². The number of aldehydes is 1. The van der Waals surface area contributed by atoms with E-state index in [9.17, 15) is 13.2 Å². The highest BCUT2D eigenvalue weighted by atomic mass is 32.2. The fraction of sp³-hybridized carbons (Fsp3) is 0.0556. The van der Waals surface area contributed by atoms with Crippen LogP contribution in [0.2, 0.25) is 0 Å². The first kappa shape index (κ1) is 15.2. The van der Waals surface area contributed by atoms with Crippen LogP contribution in [-0.4, -0.2) is 18.7 Å². The highest BCUT2D eigenvalue weighted by Gasteiger charge is 2.21. The second-order valence-electron chi connectivity index (χ2n) is 5.25. The van der Waals surface area contributed by atoms with E-state index in [1.807, 2.05) is 37.3 Å². The molecule has 3 rings (SSSR count). The summed E-state index contributed by atoms with van der Waals surface area (Å²) in [4.78, 5) is 11.5. The Labute approximate surface area is 135 Å². The van der Waals surface area contributed by atoms with E-state index in [1.165, 1.54) is 6.20 Å². The zero-order valence-electron chi connectivity index (χ0n) is 12.5. The number of hydrogen-bond acceptors (Lipinski definition) is 3. The summed E-state index contributed by atoms with van der Waals surface area (Å²) in [5.41, 5.74) is 2.61. The molecule has 4 nitrogen and oxygen atoms in total. The minimum atomic E-state index is -3.80. The first-order valence-corrected chi connectivity index (χ1v) is 8.51. The van der Waals surface area contributed by atoms with Crippen LogP contribution in [0, 0.1) is 6.92 Å². The molecule has 3 aromatic rings. The summed E-state index contributed by atoms with van der Waals surface area (Å²) < 4.78 is 26.6. The molecule has 0 amide bonds. The topological polar surface area (TPSA) is 56.1 Å². The predicted molar refractivity (Wildman–Crippen MR) is 89.0 cm³/mol. The smallest absolute Gasteiger partial charge is 0.268 e. The average Bonchev–Trinajstić information content (AvgIpc) is 3.01. The van der Waals surface area contributed by atoms with E-state index in [2.05, 4.69) is 0 Å². The third-order valence-corrected chi connectivity index (χ3v) is 5.32. The van der Waals surface area contributed by atoms with Crippen molar-refractivity contribution in [2.24, 2.45) is 0 Å². The van der Waals surface area contributed by atoms with Crippen molar-refractivity contribution in [3.8, 4) is 11.1 Å². The van der Waals surface area contributed by atoms with Gasteiger partial charge in [0.25, 0.3) is 10.0 Å². The Bertz CT molecular complexity index is 940. The van der Waals surface area contributed by atoms with Gasteiger partial charge in [0.05, 0.1) is 10.6 Å². The van der Waals surface area contributed by atoms with Crippen molar-refractivity contribution >= 4 is 16.3 Å². The van der Waals surface area contributed by atoms with Crippen molar-refractivity contribution in [3.63, 3.8) is 0 Å². The van der Waals surface area contributed by atoms with Gasteiger partial charge in [0.1, 0.15) is 0 Å². The molecular weight excluding hydrogens is 310 g/mol. The zero-order valence-corrected chi connectivity index (χ0v) is 13.3. The number of nitrogens with zero attached hydrogens (tertiary/aromatic N) is 1. The van der Waals surface area contributed by atoms with E-state index in [1.54, 1.807) is 30.3 Å². The lowest BCUT2D eigenvalue weighted by Gasteiger charge is -2.07. The Morgan fingerprint density at radius 2 is 1.57 bits per heavy atom. The molecule has 1 aromatic heterocycles. The van der Waals surface area contributed by atoms with Gasteiger partial charge >= 0.3 is 0 Å². The SMILES string of the molecule is Cc1ccc(S(=O)(=O)n2cc(-c3ccccc3)cc2C=O)cc1. The molecule has 0 N–H and O–H groups in total. The largest absolute Gasteiger partial charge is 0.296 e. The van der Waals surface area contributed by atoms with Crippen LogP contribution < -0.4 is 0 Å². The summed E-state index contributed by atoms with van der Waals surface area (Å²) in [7, 11) is -3.80. The van der Waals surface area contributed by atoms with Crippen LogP contribution in [0.25, 0.3) is 11.1 Å². The molecule has 0 aliphatic rings. The van der Waals surface area contributed by atoms with Crippen molar-refractivity contribution < 1.29 is 13.2 Å². The van der Waals surface area contributed by atoms with Gasteiger partial charge in [0.2, 0.25) is 0 Å². The molecule has 0 atom stereocenters. The van der Waals surface area contributed by atoms with E-state index in [0.29, 0.717) is 11.8 Å². The number of rotatable bonds is 4. The third-order valence-electron chi connectivity index (χ3n) is 3.62. The van der Waals surface area contributed by atoms with Gasteiger partial charge in [-0.2, -0.15) is 0 Å². The molecule has 0 aliphatic heterocycles. The molecule has 0 saturated carbocycles. The summed E-state index contributed by atoms with van der Waals surface area (Å²) in [5, 5.41) is 0. The van der Waals surface area contributed by atoms with Crippen LogP contribution in [0.3, 0.4) is 0 Å². The predicted octanol–water partition coefficient (Wildman–Crippen LogP) is 3.51. The molecule has 0 bridgehead atoms.